The number of likely N-dealkylation sites (tertiary alicyclic amines) is 1. The van der Waals surface area contributed by atoms with Gasteiger partial charge in [0.05, 0.1) is 11.1 Å². The molecular weight excluding hydrogens is 414 g/mol. The van der Waals surface area contributed by atoms with Crippen molar-refractivity contribution in [2.45, 2.75) is 39.2 Å². The maximum absolute atomic E-state index is 12.3. The van der Waals surface area contributed by atoms with Gasteiger partial charge in [0.25, 0.3) is 5.91 Å². The number of hydrogen-bond acceptors (Lipinski definition) is 3. The van der Waals surface area contributed by atoms with Gasteiger partial charge in [0.15, 0.2) is 0 Å². The number of fused-ring (bicyclic) bond motifs is 1. The molecule has 3 aromatic rings. The molecule has 0 radical (unpaired) electrons. The van der Waals surface area contributed by atoms with Gasteiger partial charge in [-0.15, -0.1) is 0 Å². The molecule has 172 valence electrons. The maximum Gasteiger partial charge on any atom is 0.410 e. The standard InChI is InChI=1S/C27H31N3O3/c1-27(2,3)33-26(32)30-13-11-18(12-14-30)9-10-20-17-29-24-22(20)15-21(16-23(24)25(28)31)19-7-5-4-6-8-19/h4-10,15-18,29H,11-14H2,1-3H3,(H2,28,31)/b10-9+. The van der Waals surface area contributed by atoms with Crippen LogP contribution < -0.4 is 5.73 Å². The minimum absolute atomic E-state index is 0.242. The van der Waals surface area contributed by atoms with E-state index in [2.05, 4.69) is 23.2 Å². The van der Waals surface area contributed by atoms with Crippen LogP contribution in [0.4, 0.5) is 4.79 Å². The number of primary amides is 1. The molecule has 0 spiro atoms. The van der Waals surface area contributed by atoms with Crippen molar-refractivity contribution in [1.82, 2.24) is 9.88 Å². The molecule has 6 heteroatoms. The van der Waals surface area contributed by atoms with Gasteiger partial charge in [-0.3, -0.25) is 4.79 Å². The summed E-state index contributed by atoms with van der Waals surface area (Å²) in [6.45, 7) is 7.01. The van der Waals surface area contributed by atoms with E-state index >= 15 is 0 Å². The number of nitrogens with one attached hydrogen (secondary N) is 1. The highest BCUT2D eigenvalue weighted by atomic mass is 16.6. The first-order valence-electron chi connectivity index (χ1n) is 11.4. The first-order valence-corrected chi connectivity index (χ1v) is 11.4. The normalized spacial score (nSPS) is 15.3. The topological polar surface area (TPSA) is 88.4 Å². The third-order valence-electron chi connectivity index (χ3n) is 5.93. The summed E-state index contributed by atoms with van der Waals surface area (Å²) in [4.78, 5) is 29.4. The van der Waals surface area contributed by atoms with Gasteiger partial charge in [0, 0.05) is 24.7 Å². The second-order valence-electron chi connectivity index (χ2n) is 9.58. The van der Waals surface area contributed by atoms with Crippen LogP contribution in [-0.4, -0.2) is 40.6 Å². The van der Waals surface area contributed by atoms with Gasteiger partial charge in [-0.05, 0) is 68.4 Å². The highest BCUT2D eigenvalue weighted by Gasteiger charge is 2.26. The number of nitrogens with two attached hydrogens (primary N) is 1. The number of ether oxygens (including phenoxy) is 1. The lowest BCUT2D eigenvalue weighted by molar-refractivity contribution is 0.0197. The van der Waals surface area contributed by atoms with Crippen LogP contribution in [0, 0.1) is 5.92 Å². The lowest BCUT2D eigenvalue weighted by Crippen LogP contribution is -2.41. The average molecular weight is 446 g/mol. The lowest BCUT2D eigenvalue weighted by Gasteiger charge is -2.32. The average Bonchev–Trinajstić information content (AvgIpc) is 3.19. The highest BCUT2D eigenvalue weighted by molar-refractivity contribution is 6.08. The molecule has 0 aliphatic carbocycles. The van der Waals surface area contributed by atoms with E-state index in [-0.39, 0.29) is 6.09 Å². The minimum Gasteiger partial charge on any atom is -0.444 e. The maximum atomic E-state index is 12.3. The Morgan fingerprint density at radius 3 is 2.42 bits per heavy atom. The van der Waals surface area contributed by atoms with E-state index in [1.54, 1.807) is 4.90 Å². The smallest absolute Gasteiger partial charge is 0.410 e. The monoisotopic (exact) mass is 445 g/mol. The van der Waals surface area contributed by atoms with E-state index in [9.17, 15) is 9.59 Å². The number of rotatable bonds is 4. The number of hydrogen-bond donors (Lipinski definition) is 2. The van der Waals surface area contributed by atoms with Gasteiger partial charge >= 0.3 is 6.09 Å². The number of carbonyl (C=O) groups is 2. The molecule has 1 fully saturated rings. The molecule has 1 aliphatic heterocycles. The van der Waals surface area contributed by atoms with Crippen molar-refractivity contribution < 1.29 is 14.3 Å². The van der Waals surface area contributed by atoms with E-state index in [1.807, 2.05) is 63.4 Å². The molecule has 6 nitrogen and oxygen atoms in total. The molecule has 33 heavy (non-hydrogen) atoms. The van der Waals surface area contributed by atoms with E-state index in [4.69, 9.17) is 10.5 Å². The van der Waals surface area contributed by atoms with Crippen LogP contribution in [0.15, 0.2) is 54.7 Å². The third-order valence-corrected chi connectivity index (χ3v) is 5.93. The molecule has 2 aromatic carbocycles. The SMILES string of the molecule is CC(C)(C)OC(=O)N1CCC(/C=C/c2c[nH]c3c(C(N)=O)cc(-c4ccccc4)cc23)CC1. The van der Waals surface area contributed by atoms with Crippen LogP contribution in [0.1, 0.15) is 49.5 Å². The number of benzene rings is 2. The fourth-order valence-corrected chi connectivity index (χ4v) is 4.22. The fourth-order valence-electron chi connectivity index (χ4n) is 4.22. The largest absolute Gasteiger partial charge is 0.444 e. The van der Waals surface area contributed by atoms with Gasteiger partial charge in [-0.25, -0.2) is 4.79 Å². The van der Waals surface area contributed by atoms with Crippen LogP contribution in [0.3, 0.4) is 0 Å². The van der Waals surface area contributed by atoms with E-state index in [0.29, 0.717) is 24.6 Å². The van der Waals surface area contributed by atoms with E-state index in [0.717, 1.165) is 40.4 Å². The molecule has 2 amide bonds. The minimum atomic E-state index is -0.481. The number of amides is 2. The van der Waals surface area contributed by atoms with Crippen LogP contribution in [0.25, 0.3) is 28.1 Å². The van der Waals surface area contributed by atoms with Crippen LogP contribution in [0.5, 0.6) is 0 Å². The number of nitrogens with zero attached hydrogens (tertiary/aromatic N) is 1. The Morgan fingerprint density at radius 1 is 1.09 bits per heavy atom. The second kappa shape index (κ2) is 9.14. The first kappa shape index (κ1) is 22.6. The number of piperidine rings is 1. The summed E-state index contributed by atoms with van der Waals surface area (Å²) in [6, 6.07) is 13.9. The van der Waals surface area contributed by atoms with Gasteiger partial charge in [0.2, 0.25) is 0 Å². The lowest BCUT2D eigenvalue weighted by atomic mass is 9.95. The molecule has 1 saturated heterocycles. The number of H-pyrrole nitrogens is 1. The Balaban J connectivity index is 1.53. The van der Waals surface area contributed by atoms with Crippen molar-refractivity contribution in [3.63, 3.8) is 0 Å². The summed E-state index contributed by atoms with van der Waals surface area (Å²) in [5.41, 5.74) is 9.44. The first-order chi connectivity index (χ1) is 15.7. The van der Waals surface area contributed by atoms with Gasteiger partial charge in [0.1, 0.15) is 5.60 Å². The molecule has 1 aliphatic rings. The van der Waals surface area contributed by atoms with Crippen LogP contribution in [-0.2, 0) is 4.74 Å². The molecule has 0 saturated carbocycles. The number of aromatic nitrogens is 1. The zero-order valence-corrected chi connectivity index (χ0v) is 19.4. The van der Waals surface area contributed by atoms with E-state index in [1.165, 1.54) is 0 Å². The van der Waals surface area contributed by atoms with Crippen molar-refractivity contribution in [3.05, 3.63) is 65.9 Å². The summed E-state index contributed by atoms with van der Waals surface area (Å²) in [7, 11) is 0. The number of allylic oxidation sites excluding steroid dienone is 1. The number of carbonyl (C=O) groups excluding carboxylic acids is 2. The van der Waals surface area contributed by atoms with E-state index < -0.39 is 11.5 Å². The van der Waals surface area contributed by atoms with Crippen LogP contribution in [0.2, 0.25) is 0 Å². The Labute approximate surface area is 194 Å². The summed E-state index contributed by atoms with van der Waals surface area (Å²) >= 11 is 0. The fraction of sp³-hybridized carbons (Fsp3) is 0.333. The van der Waals surface area contributed by atoms with Crippen LogP contribution >= 0.6 is 0 Å². The van der Waals surface area contributed by atoms with Gasteiger partial charge in [-0.1, -0.05) is 42.5 Å². The molecule has 0 bridgehead atoms. The quantitative estimate of drug-likeness (QED) is 0.548. The molecule has 3 N–H and O–H groups in total. The summed E-state index contributed by atoms with van der Waals surface area (Å²) in [5.74, 6) is -0.0776. The molecule has 1 aromatic heterocycles. The van der Waals surface area contributed by atoms with Gasteiger partial charge < -0.3 is 20.4 Å². The van der Waals surface area contributed by atoms with Crippen molar-refractivity contribution in [1.29, 1.82) is 0 Å². The van der Waals surface area contributed by atoms with Crippen molar-refractivity contribution >= 4 is 29.0 Å². The molecular formula is C27H31N3O3. The Kier molecular flexibility index (Phi) is 6.27. The summed E-state index contributed by atoms with van der Waals surface area (Å²) in [6.07, 6.45) is 7.76. The predicted octanol–water partition coefficient (Wildman–Crippen LogP) is 5.59. The molecule has 0 unspecified atom stereocenters. The Bertz CT molecular complexity index is 1180. The summed E-state index contributed by atoms with van der Waals surface area (Å²) < 4.78 is 5.48. The molecule has 0 atom stereocenters. The van der Waals surface area contributed by atoms with Crippen molar-refractivity contribution in [3.8, 4) is 11.1 Å². The van der Waals surface area contributed by atoms with Crippen molar-refractivity contribution in [2.24, 2.45) is 11.7 Å². The Morgan fingerprint density at radius 2 is 1.79 bits per heavy atom. The highest BCUT2D eigenvalue weighted by Crippen LogP contribution is 2.31. The Hall–Kier alpha value is -3.54. The predicted molar refractivity (Wildman–Crippen MR) is 132 cm³/mol. The summed E-state index contributed by atoms with van der Waals surface area (Å²) in [5, 5.41) is 0.965. The second-order valence-corrected chi connectivity index (χ2v) is 9.58. The molecule has 2 heterocycles. The van der Waals surface area contributed by atoms with Crippen molar-refractivity contribution in [2.75, 3.05) is 13.1 Å². The third kappa shape index (κ3) is 5.28. The zero-order chi connectivity index (χ0) is 23.6. The molecule has 4 rings (SSSR count). The zero-order valence-electron chi connectivity index (χ0n) is 19.4. The number of aromatic amines is 1. The van der Waals surface area contributed by atoms with Gasteiger partial charge in [-0.2, -0.15) is 0 Å².